The van der Waals surface area contributed by atoms with E-state index < -0.39 is 0 Å². The molecule has 0 bridgehead atoms. The first-order chi connectivity index (χ1) is 12.7. The van der Waals surface area contributed by atoms with E-state index in [1.54, 1.807) is 0 Å². The van der Waals surface area contributed by atoms with Crippen molar-refractivity contribution in [3.8, 4) is 0 Å². The fourth-order valence-electron chi connectivity index (χ4n) is 2.93. The maximum Gasteiger partial charge on any atom is 0.219 e. The Morgan fingerprint density at radius 1 is 0.731 bits per heavy atom. The lowest BCUT2D eigenvalue weighted by Crippen LogP contribution is -2.25. The zero-order chi connectivity index (χ0) is 19.9. The number of rotatable bonds is 18. The smallest absolute Gasteiger partial charge is 0.219 e. The molecule has 158 valence electrons. The third kappa shape index (κ3) is 23.4. The van der Waals surface area contributed by atoms with Gasteiger partial charge in [-0.2, -0.15) is 0 Å². The van der Waals surface area contributed by atoms with Crippen LogP contribution < -0.4 is 5.32 Å². The van der Waals surface area contributed by atoms with Crippen molar-refractivity contribution in [1.82, 2.24) is 10.2 Å². The lowest BCUT2D eigenvalue weighted by atomic mass is 10.1. The molecule has 26 heavy (non-hydrogen) atoms. The number of carbonyl (C=O) groups excluding carboxylic acids is 1. The monoisotopic (exact) mass is 370 g/mol. The minimum atomic E-state index is 0.245. The van der Waals surface area contributed by atoms with Crippen molar-refractivity contribution in [1.29, 1.82) is 0 Å². The van der Waals surface area contributed by atoms with E-state index in [-0.39, 0.29) is 5.91 Å². The van der Waals surface area contributed by atoms with Gasteiger partial charge in [-0.25, -0.2) is 0 Å². The van der Waals surface area contributed by atoms with Crippen LogP contribution in [0, 0.1) is 0 Å². The van der Waals surface area contributed by atoms with Crippen molar-refractivity contribution in [2.45, 2.75) is 118 Å². The standard InChI is InChI=1S/C21H44N2O.C2H6/c1-4-6-7-8-9-10-11-12-13-14-15-18-21(24)22-19-16-17-20-23(3)5-2;1-2/h4-20H2,1-3H3,(H,22,24);1-2H3. The summed E-state index contributed by atoms with van der Waals surface area (Å²) in [5, 5.41) is 3.05. The highest BCUT2D eigenvalue weighted by Gasteiger charge is 2.01. The van der Waals surface area contributed by atoms with Crippen molar-refractivity contribution < 1.29 is 4.79 Å². The van der Waals surface area contributed by atoms with Crippen LogP contribution in [0.15, 0.2) is 0 Å². The molecule has 0 radical (unpaired) electrons. The maximum atomic E-state index is 11.7. The van der Waals surface area contributed by atoms with E-state index in [4.69, 9.17) is 0 Å². The van der Waals surface area contributed by atoms with Crippen molar-refractivity contribution in [3.63, 3.8) is 0 Å². The molecular formula is C23H50N2O. The van der Waals surface area contributed by atoms with Gasteiger partial charge in [-0.1, -0.05) is 91.9 Å². The Morgan fingerprint density at radius 3 is 1.73 bits per heavy atom. The molecule has 0 aliphatic heterocycles. The summed E-state index contributed by atoms with van der Waals surface area (Å²) in [7, 11) is 2.14. The van der Waals surface area contributed by atoms with Crippen molar-refractivity contribution in [2.24, 2.45) is 0 Å². The molecule has 0 aromatic carbocycles. The van der Waals surface area contributed by atoms with Crippen LogP contribution in [-0.2, 0) is 4.79 Å². The molecular weight excluding hydrogens is 320 g/mol. The Morgan fingerprint density at radius 2 is 1.23 bits per heavy atom. The summed E-state index contributed by atoms with van der Waals surface area (Å²) in [5.74, 6) is 0.245. The highest BCUT2D eigenvalue weighted by molar-refractivity contribution is 5.75. The van der Waals surface area contributed by atoms with Gasteiger partial charge in [0.15, 0.2) is 0 Å². The molecule has 0 atom stereocenters. The predicted octanol–water partition coefficient (Wildman–Crippen LogP) is 6.56. The SMILES string of the molecule is CC.CCCCCCCCCCCCCC(=O)NCCCCN(C)CC. The van der Waals surface area contributed by atoms with Crippen molar-refractivity contribution in [3.05, 3.63) is 0 Å². The summed E-state index contributed by atoms with van der Waals surface area (Å²) in [6.07, 6.45) is 17.7. The van der Waals surface area contributed by atoms with Crippen LogP contribution in [-0.4, -0.2) is 37.5 Å². The zero-order valence-corrected chi connectivity index (χ0v) is 18.9. The summed E-state index contributed by atoms with van der Waals surface area (Å²) < 4.78 is 0. The van der Waals surface area contributed by atoms with E-state index in [0.29, 0.717) is 6.42 Å². The minimum absolute atomic E-state index is 0.245. The molecule has 3 nitrogen and oxygen atoms in total. The van der Waals surface area contributed by atoms with Gasteiger partial charge >= 0.3 is 0 Å². The van der Waals surface area contributed by atoms with Crippen LogP contribution in [0.3, 0.4) is 0 Å². The lowest BCUT2D eigenvalue weighted by molar-refractivity contribution is -0.121. The molecule has 1 amide bonds. The van der Waals surface area contributed by atoms with E-state index in [2.05, 4.69) is 31.1 Å². The van der Waals surface area contributed by atoms with E-state index in [0.717, 1.165) is 32.5 Å². The first-order valence-corrected chi connectivity index (χ1v) is 11.7. The van der Waals surface area contributed by atoms with Crippen LogP contribution in [0.1, 0.15) is 118 Å². The van der Waals surface area contributed by atoms with E-state index in [9.17, 15) is 4.79 Å². The van der Waals surface area contributed by atoms with Gasteiger partial charge in [0, 0.05) is 13.0 Å². The van der Waals surface area contributed by atoms with Crippen LogP contribution in [0.25, 0.3) is 0 Å². The minimum Gasteiger partial charge on any atom is -0.356 e. The van der Waals surface area contributed by atoms with E-state index in [1.165, 1.54) is 70.6 Å². The van der Waals surface area contributed by atoms with Gasteiger partial charge in [-0.05, 0) is 39.4 Å². The van der Waals surface area contributed by atoms with Gasteiger partial charge in [-0.3, -0.25) is 4.79 Å². The number of unbranched alkanes of at least 4 members (excludes halogenated alkanes) is 11. The number of hydrogen-bond acceptors (Lipinski definition) is 2. The molecule has 0 spiro atoms. The van der Waals surface area contributed by atoms with Gasteiger partial charge < -0.3 is 10.2 Å². The van der Waals surface area contributed by atoms with Gasteiger partial charge in [0.1, 0.15) is 0 Å². The molecule has 0 aromatic rings. The number of amides is 1. The second kappa shape index (κ2) is 24.4. The molecule has 1 N–H and O–H groups in total. The molecule has 0 aliphatic carbocycles. The van der Waals surface area contributed by atoms with Crippen LogP contribution >= 0.6 is 0 Å². The Bertz CT molecular complexity index is 269. The molecule has 3 heteroatoms. The predicted molar refractivity (Wildman–Crippen MR) is 118 cm³/mol. The first kappa shape index (κ1) is 27.6. The highest BCUT2D eigenvalue weighted by atomic mass is 16.1. The number of hydrogen-bond donors (Lipinski definition) is 1. The van der Waals surface area contributed by atoms with Gasteiger partial charge in [0.25, 0.3) is 0 Å². The van der Waals surface area contributed by atoms with Crippen LogP contribution in [0.4, 0.5) is 0 Å². The maximum absolute atomic E-state index is 11.7. The Hall–Kier alpha value is -0.570. The second-order valence-electron chi connectivity index (χ2n) is 7.24. The fourth-order valence-corrected chi connectivity index (χ4v) is 2.93. The zero-order valence-electron chi connectivity index (χ0n) is 18.9. The van der Waals surface area contributed by atoms with E-state index in [1.807, 2.05) is 13.8 Å². The molecule has 0 heterocycles. The van der Waals surface area contributed by atoms with Crippen molar-refractivity contribution >= 4 is 5.91 Å². The third-order valence-electron chi connectivity index (χ3n) is 4.84. The molecule has 0 aromatic heterocycles. The van der Waals surface area contributed by atoms with Crippen LogP contribution in [0.5, 0.6) is 0 Å². The molecule has 0 rings (SSSR count). The molecule has 0 aliphatic rings. The Balaban J connectivity index is 0. The average Bonchev–Trinajstić information content (AvgIpc) is 2.67. The molecule has 0 fully saturated rings. The van der Waals surface area contributed by atoms with Gasteiger partial charge in [0.2, 0.25) is 5.91 Å². The average molecular weight is 371 g/mol. The van der Waals surface area contributed by atoms with Gasteiger partial charge in [0.05, 0.1) is 0 Å². The molecule has 0 saturated heterocycles. The summed E-state index contributed by atoms with van der Waals surface area (Å²) in [6.45, 7) is 11.5. The fraction of sp³-hybridized carbons (Fsp3) is 0.957. The molecule has 0 unspecified atom stereocenters. The van der Waals surface area contributed by atoms with Crippen LogP contribution in [0.2, 0.25) is 0 Å². The lowest BCUT2D eigenvalue weighted by Gasteiger charge is -2.13. The topological polar surface area (TPSA) is 32.3 Å². The third-order valence-corrected chi connectivity index (χ3v) is 4.84. The summed E-state index contributed by atoms with van der Waals surface area (Å²) >= 11 is 0. The normalized spacial score (nSPS) is 10.5. The summed E-state index contributed by atoms with van der Waals surface area (Å²) in [5.41, 5.74) is 0. The molecule has 0 saturated carbocycles. The largest absolute Gasteiger partial charge is 0.356 e. The quantitative estimate of drug-likeness (QED) is 0.277. The summed E-state index contributed by atoms with van der Waals surface area (Å²) in [6, 6.07) is 0. The van der Waals surface area contributed by atoms with Gasteiger partial charge in [-0.15, -0.1) is 0 Å². The van der Waals surface area contributed by atoms with E-state index >= 15 is 0 Å². The first-order valence-electron chi connectivity index (χ1n) is 11.7. The number of nitrogens with one attached hydrogen (secondary N) is 1. The Labute approximate surface area is 165 Å². The second-order valence-corrected chi connectivity index (χ2v) is 7.24. The summed E-state index contributed by atoms with van der Waals surface area (Å²) in [4.78, 5) is 14.0. The number of carbonyl (C=O) groups is 1. The highest BCUT2D eigenvalue weighted by Crippen LogP contribution is 2.11. The number of nitrogens with zero attached hydrogens (tertiary/aromatic N) is 1. The Kier molecular flexibility index (Phi) is 26.0. The van der Waals surface area contributed by atoms with Crippen molar-refractivity contribution in [2.75, 3.05) is 26.7 Å².